The van der Waals surface area contributed by atoms with Crippen molar-refractivity contribution in [2.45, 2.75) is 19.8 Å². The highest BCUT2D eigenvalue weighted by Crippen LogP contribution is 2.23. The zero-order valence-electron chi connectivity index (χ0n) is 14.8. The maximum atomic E-state index is 13.3. The molecule has 2 aromatic heterocycles. The van der Waals surface area contributed by atoms with Gasteiger partial charge in [-0.3, -0.25) is 9.59 Å². The second kappa shape index (κ2) is 6.86. The summed E-state index contributed by atoms with van der Waals surface area (Å²) < 4.78 is 18.3. The zero-order valence-corrected chi connectivity index (χ0v) is 14.8. The Labute approximate surface area is 154 Å². The number of nitrogens with one attached hydrogen (secondary N) is 2. The molecule has 8 heteroatoms. The van der Waals surface area contributed by atoms with Gasteiger partial charge >= 0.3 is 0 Å². The number of likely N-dealkylation sites (tertiary alicyclic amines) is 1. The summed E-state index contributed by atoms with van der Waals surface area (Å²) in [7, 11) is 0. The fourth-order valence-corrected chi connectivity index (χ4v) is 3.39. The van der Waals surface area contributed by atoms with E-state index in [2.05, 4.69) is 15.5 Å². The van der Waals surface area contributed by atoms with E-state index < -0.39 is 0 Å². The number of H-pyrrole nitrogens is 1. The van der Waals surface area contributed by atoms with Crippen LogP contribution in [0.15, 0.2) is 34.9 Å². The maximum Gasteiger partial charge on any atom is 0.270 e. The molecule has 0 unspecified atom stereocenters. The Morgan fingerprint density at radius 3 is 2.74 bits per heavy atom. The van der Waals surface area contributed by atoms with Gasteiger partial charge in [0.05, 0.1) is 0 Å². The molecule has 0 spiro atoms. The lowest BCUT2D eigenvalue weighted by Crippen LogP contribution is -2.41. The molecule has 3 heterocycles. The molecular weight excluding hydrogens is 351 g/mol. The molecule has 1 fully saturated rings. The minimum atomic E-state index is -0.338. The number of aromatic nitrogens is 2. The maximum absolute atomic E-state index is 13.3. The van der Waals surface area contributed by atoms with Crippen molar-refractivity contribution in [2.75, 3.05) is 18.4 Å². The topological polar surface area (TPSA) is 91.2 Å². The Bertz CT molecular complexity index is 1000. The number of aryl methyl sites for hydroxylation is 1. The predicted octanol–water partition coefficient (Wildman–Crippen LogP) is 3.09. The van der Waals surface area contributed by atoms with E-state index in [1.165, 1.54) is 12.1 Å². The van der Waals surface area contributed by atoms with E-state index >= 15 is 0 Å². The first kappa shape index (κ1) is 17.3. The first-order valence-corrected chi connectivity index (χ1v) is 8.81. The van der Waals surface area contributed by atoms with Gasteiger partial charge in [-0.2, -0.15) is 0 Å². The summed E-state index contributed by atoms with van der Waals surface area (Å²) in [5.41, 5.74) is 1.15. The third-order valence-corrected chi connectivity index (χ3v) is 4.85. The number of halogens is 1. The fraction of sp³-hybridized carbons (Fsp3) is 0.316. The van der Waals surface area contributed by atoms with Crippen LogP contribution in [-0.4, -0.2) is 39.9 Å². The summed E-state index contributed by atoms with van der Waals surface area (Å²) in [6.07, 6.45) is 1.15. The normalized spacial score (nSPS) is 15.3. The average Bonchev–Trinajstić information content (AvgIpc) is 3.26. The number of nitrogens with zero attached hydrogens (tertiary/aromatic N) is 2. The molecule has 3 aromatic rings. The standard InChI is InChI=1S/C19H19FN4O3/c1-11-8-17(23-27-11)22-18(25)12-4-6-24(7-5-12)19(26)16-10-13-9-14(20)2-3-15(13)21-16/h2-3,8-10,12,21H,4-7H2,1H3,(H,22,23,25). The van der Waals surface area contributed by atoms with Crippen LogP contribution >= 0.6 is 0 Å². The highest BCUT2D eigenvalue weighted by atomic mass is 19.1. The summed E-state index contributed by atoms with van der Waals surface area (Å²) in [5, 5.41) is 7.16. The SMILES string of the molecule is Cc1cc(NC(=O)C2CCN(C(=O)c3cc4cc(F)ccc4[nH]3)CC2)no1. The number of aromatic amines is 1. The van der Waals surface area contributed by atoms with Crippen molar-refractivity contribution in [3.05, 3.63) is 47.6 Å². The molecular formula is C19H19FN4O3. The molecule has 140 valence electrons. The van der Waals surface area contributed by atoms with E-state index in [9.17, 15) is 14.0 Å². The van der Waals surface area contributed by atoms with E-state index in [4.69, 9.17) is 4.52 Å². The summed E-state index contributed by atoms with van der Waals surface area (Å²) in [6.45, 7) is 2.72. The number of anilines is 1. The molecule has 0 radical (unpaired) electrons. The lowest BCUT2D eigenvalue weighted by atomic mass is 9.95. The molecule has 0 aliphatic carbocycles. The van der Waals surface area contributed by atoms with Crippen molar-refractivity contribution >= 4 is 28.5 Å². The Hall–Kier alpha value is -3.16. The number of fused-ring (bicyclic) bond motifs is 1. The zero-order chi connectivity index (χ0) is 19.0. The molecule has 0 atom stereocenters. The van der Waals surface area contributed by atoms with E-state index in [-0.39, 0.29) is 23.5 Å². The van der Waals surface area contributed by atoms with Crippen molar-refractivity contribution in [3.8, 4) is 0 Å². The summed E-state index contributed by atoms with van der Waals surface area (Å²) in [6, 6.07) is 7.68. The molecule has 2 amide bonds. The van der Waals surface area contributed by atoms with E-state index in [0.717, 1.165) is 5.52 Å². The Morgan fingerprint density at radius 2 is 2.04 bits per heavy atom. The van der Waals surface area contributed by atoms with E-state index in [1.54, 1.807) is 30.0 Å². The summed E-state index contributed by atoms with van der Waals surface area (Å²) in [5.74, 6) is 0.261. The first-order valence-electron chi connectivity index (χ1n) is 8.81. The van der Waals surface area contributed by atoms with E-state index in [1.807, 2.05) is 0 Å². The smallest absolute Gasteiger partial charge is 0.270 e. The lowest BCUT2D eigenvalue weighted by molar-refractivity contribution is -0.121. The van der Waals surface area contributed by atoms with Gasteiger partial charge in [-0.25, -0.2) is 4.39 Å². The largest absolute Gasteiger partial charge is 0.360 e. The van der Waals surface area contributed by atoms with Gasteiger partial charge in [0.2, 0.25) is 5.91 Å². The van der Waals surface area contributed by atoms with Gasteiger partial charge in [0, 0.05) is 36.0 Å². The Balaban J connectivity index is 1.37. The van der Waals surface area contributed by atoms with E-state index in [0.29, 0.717) is 48.6 Å². The Morgan fingerprint density at radius 1 is 1.26 bits per heavy atom. The number of amides is 2. The van der Waals surface area contributed by atoms with Gasteiger partial charge in [-0.1, -0.05) is 5.16 Å². The van der Waals surface area contributed by atoms with Crippen LogP contribution < -0.4 is 5.32 Å². The van der Waals surface area contributed by atoms with Gasteiger partial charge in [0.15, 0.2) is 5.82 Å². The molecule has 4 rings (SSSR count). The van der Waals surface area contributed by atoms with Crippen molar-refractivity contribution in [2.24, 2.45) is 5.92 Å². The van der Waals surface area contributed by atoms with Crippen molar-refractivity contribution in [1.29, 1.82) is 0 Å². The van der Waals surface area contributed by atoms with Crippen LogP contribution in [0.4, 0.5) is 10.2 Å². The molecule has 0 saturated carbocycles. The number of carbonyl (C=O) groups is 2. The van der Waals surface area contributed by atoms with Crippen LogP contribution in [0.1, 0.15) is 29.1 Å². The van der Waals surface area contributed by atoms with Crippen molar-refractivity contribution in [1.82, 2.24) is 15.0 Å². The van der Waals surface area contributed by atoms with Crippen molar-refractivity contribution in [3.63, 3.8) is 0 Å². The van der Waals surface area contributed by atoms with Gasteiger partial charge in [-0.15, -0.1) is 0 Å². The van der Waals surface area contributed by atoms with Crippen LogP contribution in [0, 0.1) is 18.7 Å². The van der Waals surface area contributed by atoms with Gasteiger partial charge in [-0.05, 0) is 44.0 Å². The van der Waals surface area contributed by atoms with Gasteiger partial charge in [0.25, 0.3) is 5.91 Å². The van der Waals surface area contributed by atoms with Crippen LogP contribution in [-0.2, 0) is 4.79 Å². The number of piperidine rings is 1. The molecule has 2 N–H and O–H groups in total. The molecule has 1 aliphatic rings. The number of hydrogen-bond donors (Lipinski definition) is 2. The second-order valence-corrected chi connectivity index (χ2v) is 6.79. The fourth-order valence-electron chi connectivity index (χ4n) is 3.39. The van der Waals surface area contributed by atoms with Crippen LogP contribution in [0.25, 0.3) is 10.9 Å². The second-order valence-electron chi connectivity index (χ2n) is 6.79. The Kier molecular flexibility index (Phi) is 4.39. The first-order chi connectivity index (χ1) is 13.0. The number of benzene rings is 1. The minimum absolute atomic E-state index is 0.114. The van der Waals surface area contributed by atoms with Crippen molar-refractivity contribution < 1.29 is 18.5 Å². The lowest BCUT2D eigenvalue weighted by Gasteiger charge is -2.30. The third kappa shape index (κ3) is 3.55. The average molecular weight is 370 g/mol. The summed E-state index contributed by atoms with van der Waals surface area (Å²) >= 11 is 0. The molecule has 7 nitrogen and oxygen atoms in total. The molecule has 1 aliphatic heterocycles. The third-order valence-electron chi connectivity index (χ3n) is 4.85. The van der Waals surface area contributed by atoms with Crippen LogP contribution in [0.3, 0.4) is 0 Å². The molecule has 27 heavy (non-hydrogen) atoms. The monoisotopic (exact) mass is 370 g/mol. The van der Waals surface area contributed by atoms with Crippen LogP contribution in [0.2, 0.25) is 0 Å². The van der Waals surface area contributed by atoms with Gasteiger partial charge < -0.3 is 19.7 Å². The number of rotatable bonds is 3. The highest BCUT2D eigenvalue weighted by molar-refractivity contribution is 5.98. The van der Waals surface area contributed by atoms with Gasteiger partial charge in [0.1, 0.15) is 17.3 Å². The number of carbonyl (C=O) groups excluding carboxylic acids is 2. The molecule has 1 aromatic carbocycles. The molecule has 1 saturated heterocycles. The summed E-state index contributed by atoms with van der Waals surface area (Å²) in [4.78, 5) is 29.8. The number of hydrogen-bond acceptors (Lipinski definition) is 4. The molecule has 0 bridgehead atoms. The van der Waals surface area contributed by atoms with Crippen LogP contribution in [0.5, 0.6) is 0 Å². The quantitative estimate of drug-likeness (QED) is 0.741. The highest BCUT2D eigenvalue weighted by Gasteiger charge is 2.28. The minimum Gasteiger partial charge on any atom is -0.360 e. The predicted molar refractivity (Wildman–Crippen MR) is 96.8 cm³/mol.